The molecule has 1 saturated carbocycles. The van der Waals surface area contributed by atoms with Gasteiger partial charge in [-0.2, -0.15) is 0 Å². The molecule has 3 atom stereocenters. The Kier molecular flexibility index (Phi) is 5.01. The quantitative estimate of drug-likeness (QED) is 0.487. The Hall–Kier alpha value is -2.94. The van der Waals surface area contributed by atoms with Crippen LogP contribution in [-0.4, -0.2) is 6.10 Å². The van der Waals surface area contributed by atoms with Gasteiger partial charge in [-0.15, -0.1) is 0 Å². The highest BCUT2D eigenvalue weighted by molar-refractivity contribution is 5.37. The van der Waals surface area contributed by atoms with E-state index in [0.29, 0.717) is 12.0 Å². The van der Waals surface area contributed by atoms with Gasteiger partial charge in [0.05, 0.1) is 0 Å². The monoisotopic (exact) mass is 360 g/mol. The first-order valence-electron chi connectivity index (χ1n) is 9.43. The summed E-state index contributed by atoms with van der Waals surface area (Å²) in [5.41, 5.74) is 1.06. The van der Waals surface area contributed by atoms with Gasteiger partial charge in [0, 0.05) is 6.07 Å². The summed E-state index contributed by atoms with van der Waals surface area (Å²) in [4.78, 5) is 0. The topological polar surface area (TPSA) is 27.7 Å². The molecular formula is C24H24O3. The summed E-state index contributed by atoms with van der Waals surface area (Å²) in [5, 5.41) is 0. The zero-order valence-corrected chi connectivity index (χ0v) is 15.7. The van der Waals surface area contributed by atoms with Crippen molar-refractivity contribution >= 4 is 0 Å². The Morgan fingerprint density at radius 1 is 0.778 bits per heavy atom. The first-order valence-corrected chi connectivity index (χ1v) is 9.43. The third-order valence-electron chi connectivity index (χ3n) is 4.75. The summed E-state index contributed by atoms with van der Waals surface area (Å²) in [5.74, 6) is 3.95. The summed E-state index contributed by atoms with van der Waals surface area (Å²) >= 11 is 0. The Labute approximate surface area is 160 Å². The summed E-state index contributed by atoms with van der Waals surface area (Å²) in [7, 11) is 0. The van der Waals surface area contributed by atoms with Gasteiger partial charge in [0.15, 0.2) is 0 Å². The molecule has 0 heterocycles. The molecular weight excluding hydrogens is 336 g/mol. The molecule has 0 amide bonds. The van der Waals surface area contributed by atoms with Gasteiger partial charge in [-0.3, -0.25) is 0 Å². The smallest absolute Gasteiger partial charge is 0.127 e. The van der Waals surface area contributed by atoms with Gasteiger partial charge < -0.3 is 14.2 Å². The molecule has 1 aliphatic carbocycles. The molecule has 0 saturated heterocycles. The van der Waals surface area contributed by atoms with Crippen LogP contribution in [0.25, 0.3) is 0 Å². The van der Waals surface area contributed by atoms with Crippen LogP contribution in [-0.2, 0) is 0 Å². The number of benzene rings is 3. The van der Waals surface area contributed by atoms with E-state index in [1.807, 2.05) is 79.7 Å². The largest absolute Gasteiger partial charge is 0.490 e. The molecule has 3 heteroatoms. The summed E-state index contributed by atoms with van der Waals surface area (Å²) in [6.07, 6.45) is 1.39. The normalized spacial score (nSPS) is 19.2. The van der Waals surface area contributed by atoms with E-state index in [2.05, 4.69) is 13.0 Å². The van der Waals surface area contributed by atoms with Gasteiger partial charge in [-0.25, -0.2) is 0 Å². The first kappa shape index (κ1) is 17.5. The number of ether oxygens (including phenoxy) is 3. The van der Waals surface area contributed by atoms with E-state index < -0.39 is 0 Å². The molecule has 2 unspecified atom stereocenters. The van der Waals surface area contributed by atoms with E-state index in [1.54, 1.807) is 0 Å². The molecule has 3 aromatic carbocycles. The van der Waals surface area contributed by atoms with Crippen LogP contribution in [0.2, 0.25) is 0 Å². The standard InChI is InChI=1S/C24H24O3/c1-17-14-24(17)27-23-13-7-12-22(16-23)25-18(2)19-8-6-11-21(15-19)26-20-9-4-3-5-10-20/h3-13,15-18,24H,14H2,1-2H3/t17?,18?,24-/m1/s1. The Morgan fingerprint density at radius 2 is 1.44 bits per heavy atom. The van der Waals surface area contributed by atoms with Gasteiger partial charge in [0.1, 0.15) is 35.2 Å². The summed E-state index contributed by atoms with van der Waals surface area (Å²) in [6, 6.07) is 25.7. The van der Waals surface area contributed by atoms with Crippen LogP contribution in [0, 0.1) is 5.92 Å². The number of hydrogen-bond donors (Lipinski definition) is 0. The fourth-order valence-electron chi connectivity index (χ4n) is 2.98. The van der Waals surface area contributed by atoms with Crippen molar-refractivity contribution in [1.82, 2.24) is 0 Å². The predicted octanol–water partition coefficient (Wildman–Crippen LogP) is 6.41. The van der Waals surface area contributed by atoms with Crippen molar-refractivity contribution < 1.29 is 14.2 Å². The lowest BCUT2D eigenvalue weighted by molar-refractivity contribution is 0.223. The molecule has 1 fully saturated rings. The second-order valence-corrected chi connectivity index (χ2v) is 7.09. The van der Waals surface area contributed by atoms with Crippen molar-refractivity contribution in [1.29, 1.82) is 0 Å². The van der Waals surface area contributed by atoms with Crippen LogP contribution in [0.5, 0.6) is 23.0 Å². The maximum absolute atomic E-state index is 6.14. The van der Waals surface area contributed by atoms with E-state index in [0.717, 1.165) is 35.0 Å². The van der Waals surface area contributed by atoms with Crippen LogP contribution in [0.1, 0.15) is 31.9 Å². The van der Waals surface area contributed by atoms with E-state index in [1.165, 1.54) is 0 Å². The van der Waals surface area contributed by atoms with Crippen LogP contribution < -0.4 is 14.2 Å². The number of para-hydroxylation sites is 1. The molecule has 3 nitrogen and oxygen atoms in total. The van der Waals surface area contributed by atoms with Crippen LogP contribution in [0.15, 0.2) is 78.9 Å². The van der Waals surface area contributed by atoms with E-state index >= 15 is 0 Å². The fourth-order valence-corrected chi connectivity index (χ4v) is 2.98. The molecule has 1 aliphatic rings. The minimum absolute atomic E-state index is 0.0978. The second kappa shape index (κ2) is 7.75. The zero-order chi connectivity index (χ0) is 18.6. The molecule has 0 bridgehead atoms. The van der Waals surface area contributed by atoms with Crippen molar-refractivity contribution in [2.45, 2.75) is 32.5 Å². The molecule has 0 radical (unpaired) electrons. The average Bonchev–Trinajstić information content (AvgIpc) is 3.37. The Balaban J connectivity index is 1.43. The van der Waals surface area contributed by atoms with Crippen molar-refractivity contribution in [2.75, 3.05) is 0 Å². The minimum Gasteiger partial charge on any atom is -0.490 e. The predicted molar refractivity (Wildman–Crippen MR) is 107 cm³/mol. The van der Waals surface area contributed by atoms with Crippen molar-refractivity contribution in [2.24, 2.45) is 5.92 Å². The fraction of sp³-hybridized carbons (Fsp3) is 0.250. The van der Waals surface area contributed by atoms with Crippen molar-refractivity contribution in [3.8, 4) is 23.0 Å². The average molecular weight is 360 g/mol. The van der Waals surface area contributed by atoms with Crippen LogP contribution in [0.4, 0.5) is 0 Å². The van der Waals surface area contributed by atoms with Crippen molar-refractivity contribution in [3.63, 3.8) is 0 Å². The molecule has 4 rings (SSSR count). The Morgan fingerprint density at radius 3 is 2.22 bits per heavy atom. The highest BCUT2D eigenvalue weighted by Crippen LogP contribution is 2.35. The van der Waals surface area contributed by atoms with Crippen LogP contribution in [0.3, 0.4) is 0 Å². The number of hydrogen-bond acceptors (Lipinski definition) is 3. The van der Waals surface area contributed by atoms with E-state index in [-0.39, 0.29) is 6.10 Å². The third-order valence-corrected chi connectivity index (χ3v) is 4.75. The van der Waals surface area contributed by atoms with Gasteiger partial charge in [0.25, 0.3) is 0 Å². The number of rotatable bonds is 7. The summed E-state index contributed by atoms with van der Waals surface area (Å²) < 4.78 is 18.0. The first-order chi connectivity index (χ1) is 13.2. The highest BCUT2D eigenvalue weighted by Gasteiger charge is 2.34. The van der Waals surface area contributed by atoms with Gasteiger partial charge in [0.2, 0.25) is 0 Å². The zero-order valence-electron chi connectivity index (χ0n) is 15.7. The highest BCUT2D eigenvalue weighted by atomic mass is 16.5. The molecule has 0 aliphatic heterocycles. The van der Waals surface area contributed by atoms with Gasteiger partial charge in [-0.1, -0.05) is 43.3 Å². The van der Waals surface area contributed by atoms with E-state index in [4.69, 9.17) is 14.2 Å². The molecule has 0 spiro atoms. The molecule has 138 valence electrons. The minimum atomic E-state index is -0.0978. The van der Waals surface area contributed by atoms with Gasteiger partial charge in [-0.05, 0) is 61.2 Å². The van der Waals surface area contributed by atoms with Crippen molar-refractivity contribution in [3.05, 3.63) is 84.4 Å². The summed E-state index contributed by atoms with van der Waals surface area (Å²) in [6.45, 7) is 4.25. The SMILES string of the molecule is CC(Oc1cccc(O[C@@H]2CC2C)c1)c1cccc(Oc2ccccc2)c1. The lowest BCUT2D eigenvalue weighted by Gasteiger charge is -2.17. The van der Waals surface area contributed by atoms with Crippen LogP contribution >= 0.6 is 0 Å². The third kappa shape index (κ3) is 4.62. The van der Waals surface area contributed by atoms with E-state index in [9.17, 15) is 0 Å². The lowest BCUT2D eigenvalue weighted by atomic mass is 10.1. The maximum Gasteiger partial charge on any atom is 0.127 e. The molecule has 3 aromatic rings. The molecule has 0 N–H and O–H groups in total. The molecule has 27 heavy (non-hydrogen) atoms. The Bertz CT molecular complexity index is 891. The second-order valence-electron chi connectivity index (χ2n) is 7.09. The maximum atomic E-state index is 6.14. The molecule has 0 aromatic heterocycles. The lowest BCUT2D eigenvalue weighted by Crippen LogP contribution is -2.04. The van der Waals surface area contributed by atoms with Gasteiger partial charge >= 0.3 is 0 Å².